The molecule has 1 saturated carbocycles. The fourth-order valence-corrected chi connectivity index (χ4v) is 5.73. The third-order valence-corrected chi connectivity index (χ3v) is 8.34. The predicted molar refractivity (Wildman–Crippen MR) is 152 cm³/mol. The molecule has 5 rings (SSSR count). The number of urea groups is 1. The Morgan fingerprint density at radius 2 is 1.74 bits per heavy atom. The molecular formula is C28H32N6O3S. The van der Waals surface area contributed by atoms with Gasteiger partial charge in [0.2, 0.25) is 10.0 Å². The molecule has 2 amide bonds. The summed E-state index contributed by atoms with van der Waals surface area (Å²) in [5, 5.41) is 5.41. The van der Waals surface area contributed by atoms with Crippen molar-refractivity contribution in [3.8, 4) is 16.8 Å². The molecule has 9 nitrogen and oxygen atoms in total. The molecule has 3 N–H and O–H groups in total. The van der Waals surface area contributed by atoms with Crippen LogP contribution in [0, 0.1) is 6.92 Å². The van der Waals surface area contributed by atoms with E-state index in [-0.39, 0.29) is 11.3 Å². The van der Waals surface area contributed by atoms with Gasteiger partial charge in [-0.15, -0.1) is 0 Å². The molecule has 3 aromatic carbocycles. The number of benzene rings is 3. The van der Waals surface area contributed by atoms with Crippen LogP contribution in [0.4, 0.5) is 16.2 Å². The van der Waals surface area contributed by atoms with E-state index in [1.165, 1.54) is 0 Å². The summed E-state index contributed by atoms with van der Waals surface area (Å²) < 4.78 is 29.6. The first-order valence-corrected chi connectivity index (χ1v) is 14.2. The number of rotatable bonds is 9. The fraction of sp³-hybridized carbons (Fsp3) is 0.286. The van der Waals surface area contributed by atoms with Crippen LogP contribution in [0.2, 0.25) is 0 Å². The SMILES string of the molecule is Cc1nc2ccc(-c3ccc(NC(=O)NCCN(C)C)cc3)cc2n1-c1cccc(NS(=O)(=O)C2CC2)c1. The zero-order valence-electron chi connectivity index (χ0n) is 21.7. The quantitative estimate of drug-likeness (QED) is 0.292. The van der Waals surface area contributed by atoms with Crippen LogP contribution in [0.5, 0.6) is 0 Å². The first-order chi connectivity index (χ1) is 18.2. The van der Waals surface area contributed by atoms with Crippen molar-refractivity contribution >= 4 is 38.5 Å². The average molecular weight is 533 g/mol. The number of sulfonamides is 1. The Hall–Kier alpha value is -3.89. The molecule has 1 fully saturated rings. The van der Waals surface area contributed by atoms with Gasteiger partial charge in [-0.05, 0) is 87.5 Å². The Kier molecular flexibility index (Phi) is 7.09. The summed E-state index contributed by atoms with van der Waals surface area (Å²) in [7, 11) is 0.571. The minimum absolute atomic E-state index is 0.234. The van der Waals surface area contributed by atoms with E-state index in [1.807, 2.05) is 85.1 Å². The van der Waals surface area contributed by atoms with Crippen LogP contribution >= 0.6 is 0 Å². The molecule has 198 valence electrons. The average Bonchev–Trinajstić information content (AvgIpc) is 3.67. The monoisotopic (exact) mass is 532 g/mol. The third-order valence-electron chi connectivity index (χ3n) is 6.47. The van der Waals surface area contributed by atoms with Crippen molar-refractivity contribution in [2.45, 2.75) is 25.0 Å². The fourth-order valence-electron chi connectivity index (χ4n) is 4.35. The van der Waals surface area contributed by atoms with E-state index in [1.54, 1.807) is 6.07 Å². The smallest absolute Gasteiger partial charge is 0.319 e. The number of carbonyl (C=O) groups excluding carboxylic acids is 1. The Morgan fingerprint density at radius 3 is 2.45 bits per heavy atom. The number of hydrogen-bond acceptors (Lipinski definition) is 5. The Labute approximate surface area is 222 Å². The number of nitrogens with zero attached hydrogens (tertiary/aromatic N) is 3. The highest BCUT2D eigenvalue weighted by Crippen LogP contribution is 2.31. The van der Waals surface area contributed by atoms with Gasteiger partial charge in [0.15, 0.2) is 0 Å². The standard InChI is InChI=1S/C28H32N6O3S/c1-19-30-26-14-9-21(20-7-10-22(11-8-20)31-28(35)29-15-16-33(2)3)17-27(26)34(19)24-6-4-5-23(18-24)32-38(36,37)25-12-13-25/h4-11,14,17-18,25,32H,12-13,15-16H2,1-3H3,(H2,29,31,35). The molecule has 1 aromatic heterocycles. The van der Waals surface area contributed by atoms with Crippen molar-refractivity contribution in [2.24, 2.45) is 0 Å². The lowest BCUT2D eigenvalue weighted by atomic mass is 10.0. The predicted octanol–water partition coefficient (Wildman–Crippen LogP) is 4.59. The molecule has 1 heterocycles. The molecule has 4 aromatic rings. The number of nitrogens with one attached hydrogen (secondary N) is 3. The minimum atomic E-state index is -3.35. The van der Waals surface area contributed by atoms with E-state index in [2.05, 4.69) is 21.4 Å². The van der Waals surface area contributed by atoms with Crippen LogP contribution in [0.15, 0.2) is 66.7 Å². The number of aryl methyl sites for hydroxylation is 1. The molecule has 0 atom stereocenters. The van der Waals surface area contributed by atoms with E-state index in [9.17, 15) is 13.2 Å². The minimum Gasteiger partial charge on any atom is -0.337 e. The van der Waals surface area contributed by atoms with Crippen molar-refractivity contribution in [3.63, 3.8) is 0 Å². The van der Waals surface area contributed by atoms with E-state index >= 15 is 0 Å². The number of imidazole rings is 1. The van der Waals surface area contributed by atoms with Gasteiger partial charge in [-0.3, -0.25) is 9.29 Å². The topological polar surface area (TPSA) is 108 Å². The highest BCUT2D eigenvalue weighted by molar-refractivity contribution is 7.93. The lowest BCUT2D eigenvalue weighted by Crippen LogP contribution is -2.34. The van der Waals surface area contributed by atoms with Crippen molar-refractivity contribution in [2.75, 3.05) is 37.2 Å². The first kappa shape index (κ1) is 25.7. The largest absolute Gasteiger partial charge is 0.337 e. The molecule has 0 unspecified atom stereocenters. The Morgan fingerprint density at radius 1 is 1.00 bits per heavy atom. The van der Waals surface area contributed by atoms with Crippen LogP contribution in [0.1, 0.15) is 18.7 Å². The van der Waals surface area contributed by atoms with Crippen LogP contribution in [-0.2, 0) is 10.0 Å². The van der Waals surface area contributed by atoms with Crippen molar-refractivity contribution in [3.05, 3.63) is 72.6 Å². The zero-order valence-corrected chi connectivity index (χ0v) is 22.5. The summed E-state index contributed by atoms with van der Waals surface area (Å²) in [6.07, 6.45) is 1.42. The third kappa shape index (κ3) is 5.81. The molecule has 0 radical (unpaired) electrons. The van der Waals surface area contributed by atoms with Crippen molar-refractivity contribution < 1.29 is 13.2 Å². The second-order valence-electron chi connectivity index (χ2n) is 9.86. The highest BCUT2D eigenvalue weighted by Gasteiger charge is 2.35. The molecule has 0 saturated heterocycles. The van der Waals surface area contributed by atoms with E-state index in [0.29, 0.717) is 30.8 Å². The maximum Gasteiger partial charge on any atom is 0.319 e. The lowest BCUT2D eigenvalue weighted by molar-refractivity contribution is 0.250. The van der Waals surface area contributed by atoms with Gasteiger partial charge in [0.1, 0.15) is 5.82 Å². The summed E-state index contributed by atoms with van der Waals surface area (Å²) in [6.45, 7) is 3.27. The van der Waals surface area contributed by atoms with Crippen LogP contribution in [0.25, 0.3) is 27.8 Å². The Bertz CT molecular complexity index is 1570. The highest BCUT2D eigenvalue weighted by atomic mass is 32.2. The van der Waals surface area contributed by atoms with Crippen molar-refractivity contribution in [1.29, 1.82) is 0 Å². The van der Waals surface area contributed by atoms with Gasteiger partial charge < -0.3 is 15.5 Å². The van der Waals surface area contributed by atoms with Crippen LogP contribution in [0.3, 0.4) is 0 Å². The maximum absolute atomic E-state index is 12.4. The molecule has 1 aliphatic carbocycles. The summed E-state index contributed by atoms with van der Waals surface area (Å²) in [6, 6.07) is 20.9. The Balaban J connectivity index is 1.37. The number of aromatic nitrogens is 2. The number of likely N-dealkylation sites (N-methyl/N-ethyl adjacent to an activating group) is 1. The number of anilines is 2. The molecular weight excluding hydrogens is 500 g/mol. The maximum atomic E-state index is 12.4. The molecule has 38 heavy (non-hydrogen) atoms. The molecule has 0 aliphatic heterocycles. The first-order valence-electron chi connectivity index (χ1n) is 12.6. The number of hydrogen-bond donors (Lipinski definition) is 3. The van der Waals surface area contributed by atoms with Gasteiger partial charge >= 0.3 is 6.03 Å². The van der Waals surface area contributed by atoms with Crippen LogP contribution in [-0.4, -0.2) is 61.3 Å². The van der Waals surface area contributed by atoms with Gasteiger partial charge in [-0.25, -0.2) is 18.2 Å². The van der Waals surface area contributed by atoms with Gasteiger partial charge in [0.25, 0.3) is 0 Å². The summed E-state index contributed by atoms with van der Waals surface area (Å²) in [5.74, 6) is 0.805. The second kappa shape index (κ2) is 10.5. The summed E-state index contributed by atoms with van der Waals surface area (Å²) in [5.41, 5.74) is 5.86. The van der Waals surface area contributed by atoms with Gasteiger partial charge in [0, 0.05) is 24.5 Å². The molecule has 1 aliphatic rings. The van der Waals surface area contributed by atoms with E-state index in [4.69, 9.17) is 4.98 Å². The van der Waals surface area contributed by atoms with E-state index < -0.39 is 10.0 Å². The molecule has 10 heteroatoms. The number of fused-ring (bicyclic) bond motifs is 1. The molecule has 0 bridgehead atoms. The second-order valence-corrected chi connectivity index (χ2v) is 11.8. The summed E-state index contributed by atoms with van der Waals surface area (Å²) in [4.78, 5) is 18.8. The van der Waals surface area contributed by atoms with Gasteiger partial charge in [-0.1, -0.05) is 24.3 Å². The number of carbonyl (C=O) groups is 1. The summed E-state index contributed by atoms with van der Waals surface area (Å²) >= 11 is 0. The van der Waals surface area contributed by atoms with E-state index in [0.717, 1.165) is 40.2 Å². The van der Waals surface area contributed by atoms with Gasteiger partial charge in [0.05, 0.1) is 22.0 Å². The van der Waals surface area contributed by atoms with Crippen molar-refractivity contribution in [1.82, 2.24) is 19.8 Å². The number of amides is 2. The van der Waals surface area contributed by atoms with Gasteiger partial charge in [-0.2, -0.15) is 0 Å². The van der Waals surface area contributed by atoms with Crippen LogP contribution < -0.4 is 15.4 Å². The lowest BCUT2D eigenvalue weighted by Gasteiger charge is -2.12. The zero-order chi connectivity index (χ0) is 26.9. The molecule has 0 spiro atoms. The normalized spacial score (nSPS) is 13.6.